The highest BCUT2D eigenvalue weighted by Gasteiger charge is 2.19. The van der Waals surface area contributed by atoms with E-state index < -0.39 is 0 Å². The molecule has 0 radical (unpaired) electrons. The van der Waals surface area contributed by atoms with Crippen LogP contribution in [0, 0.1) is 0 Å². The fraction of sp³-hybridized carbons (Fsp3) is 0. The van der Waals surface area contributed by atoms with E-state index >= 15 is 0 Å². The first-order valence-corrected chi connectivity index (χ1v) is 8.22. The zero-order valence-corrected chi connectivity index (χ0v) is 13.8. The Balaban J connectivity index is 1.86. The minimum Gasteiger partial charge on any atom is -0.340 e. The van der Waals surface area contributed by atoms with Crippen molar-refractivity contribution in [1.82, 2.24) is 20.3 Å². The van der Waals surface area contributed by atoms with E-state index in [1.165, 1.54) is 0 Å². The lowest BCUT2D eigenvalue weighted by molar-refractivity contribution is 0.801. The lowest BCUT2D eigenvalue weighted by Crippen LogP contribution is -2.27. The zero-order valence-electron chi connectivity index (χ0n) is 13.0. The molecule has 0 unspecified atom stereocenters. The Morgan fingerprint density at radius 2 is 1.72 bits per heavy atom. The van der Waals surface area contributed by atoms with E-state index in [0.717, 1.165) is 33.8 Å². The first kappa shape index (κ1) is 14.2. The molecule has 1 N–H and O–H groups in total. The van der Waals surface area contributed by atoms with Crippen LogP contribution in [0.5, 0.6) is 0 Å². The maximum absolute atomic E-state index is 6.28. The highest BCUT2D eigenvalue weighted by molar-refractivity contribution is 6.31. The summed E-state index contributed by atoms with van der Waals surface area (Å²) in [5.41, 5.74) is 5.53. The molecule has 0 saturated heterocycles. The molecule has 0 saturated carbocycles. The summed E-state index contributed by atoms with van der Waals surface area (Å²) in [6.45, 7) is 0. The highest BCUT2D eigenvalue weighted by Crippen LogP contribution is 2.28. The third-order valence-corrected chi connectivity index (χ3v) is 4.40. The number of hydrogen-bond acceptors (Lipinski definition) is 4. The normalized spacial score (nSPS) is 14.8. The Morgan fingerprint density at radius 1 is 0.920 bits per heavy atom. The Morgan fingerprint density at radius 3 is 2.64 bits per heavy atom. The second kappa shape index (κ2) is 5.43. The molecule has 0 spiro atoms. The van der Waals surface area contributed by atoms with Crippen molar-refractivity contribution in [3.8, 4) is 16.9 Å². The van der Waals surface area contributed by atoms with Crippen LogP contribution in [-0.4, -0.2) is 20.8 Å². The van der Waals surface area contributed by atoms with Gasteiger partial charge in [-0.25, -0.2) is 9.67 Å². The third kappa shape index (κ3) is 2.37. The van der Waals surface area contributed by atoms with Crippen LogP contribution in [-0.2, 0) is 0 Å². The van der Waals surface area contributed by atoms with Crippen LogP contribution < -0.4 is 5.32 Å². The molecule has 0 atom stereocenters. The number of fused-ring (bicyclic) bond motifs is 9. The van der Waals surface area contributed by atoms with E-state index in [4.69, 9.17) is 11.6 Å². The van der Waals surface area contributed by atoms with E-state index in [1.807, 2.05) is 66.9 Å². The van der Waals surface area contributed by atoms with Crippen molar-refractivity contribution >= 4 is 23.5 Å². The smallest absolute Gasteiger partial charge is 0.141 e. The molecule has 1 aromatic heterocycles. The van der Waals surface area contributed by atoms with Gasteiger partial charge in [0.15, 0.2) is 0 Å². The zero-order chi connectivity index (χ0) is 16.8. The molecule has 2 aromatic carbocycles. The number of benzene rings is 2. The first-order chi connectivity index (χ1) is 12.3. The molecular formula is C19H12ClN5. The molecule has 2 aliphatic rings. The summed E-state index contributed by atoms with van der Waals surface area (Å²) in [7, 11) is 0. The molecule has 5 rings (SSSR count). The molecule has 2 aliphatic heterocycles. The monoisotopic (exact) mass is 345 g/mol. The minimum atomic E-state index is 0.435. The van der Waals surface area contributed by atoms with Gasteiger partial charge in [-0.05, 0) is 29.8 Å². The number of para-hydroxylation sites is 1. The van der Waals surface area contributed by atoms with Gasteiger partial charge >= 0.3 is 0 Å². The van der Waals surface area contributed by atoms with Crippen molar-refractivity contribution in [2.24, 2.45) is 4.99 Å². The Kier molecular flexibility index (Phi) is 3.08. The number of halogens is 1. The standard InChI is InChI=1S/C19H12ClN5/c20-18-10-13-9-12-5-1-2-6-14(12)16-11-25(24-23-16)17-8-4-3-7-15(17)19(21-13)22-18/h1-11H,(H,21,22). The van der Waals surface area contributed by atoms with Gasteiger partial charge in [-0.15, -0.1) is 5.10 Å². The molecule has 3 heterocycles. The topological polar surface area (TPSA) is 55.1 Å². The van der Waals surface area contributed by atoms with Crippen LogP contribution >= 0.6 is 11.6 Å². The van der Waals surface area contributed by atoms with Crippen molar-refractivity contribution in [3.05, 3.63) is 82.8 Å². The van der Waals surface area contributed by atoms with E-state index in [1.54, 1.807) is 4.68 Å². The summed E-state index contributed by atoms with van der Waals surface area (Å²) >= 11 is 6.28. The Labute approximate surface area is 149 Å². The maximum atomic E-state index is 6.28. The second-order valence-corrected chi connectivity index (χ2v) is 6.19. The van der Waals surface area contributed by atoms with Gasteiger partial charge < -0.3 is 5.32 Å². The number of aliphatic imine (C=N–C) groups is 1. The van der Waals surface area contributed by atoms with E-state index in [0.29, 0.717) is 11.0 Å². The van der Waals surface area contributed by atoms with Crippen molar-refractivity contribution in [2.75, 3.05) is 0 Å². The predicted octanol–water partition coefficient (Wildman–Crippen LogP) is 3.72. The predicted molar refractivity (Wildman–Crippen MR) is 98.4 cm³/mol. The van der Waals surface area contributed by atoms with Gasteiger partial charge in [0.2, 0.25) is 0 Å². The Hall–Kier alpha value is -3.18. The summed E-state index contributed by atoms with van der Waals surface area (Å²) in [6.07, 6.45) is 5.79. The molecule has 0 amide bonds. The van der Waals surface area contributed by atoms with Gasteiger partial charge in [0.25, 0.3) is 0 Å². The van der Waals surface area contributed by atoms with Gasteiger partial charge in [0.1, 0.15) is 16.7 Å². The molecule has 25 heavy (non-hydrogen) atoms. The molecule has 0 fully saturated rings. The number of allylic oxidation sites excluding steroid dienone is 1. The fourth-order valence-corrected chi connectivity index (χ4v) is 3.28. The van der Waals surface area contributed by atoms with Crippen LogP contribution in [0.25, 0.3) is 23.0 Å². The van der Waals surface area contributed by atoms with Crippen LogP contribution in [0.3, 0.4) is 0 Å². The summed E-state index contributed by atoms with van der Waals surface area (Å²) in [5, 5.41) is 12.5. The van der Waals surface area contributed by atoms with Gasteiger partial charge in [0.05, 0.1) is 11.9 Å². The largest absolute Gasteiger partial charge is 0.340 e. The molecule has 4 bridgehead atoms. The first-order valence-electron chi connectivity index (χ1n) is 7.84. The van der Waals surface area contributed by atoms with Crippen molar-refractivity contribution in [1.29, 1.82) is 0 Å². The third-order valence-electron chi connectivity index (χ3n) is 4.20. The molecule has 5 nitrogen and oxygen atoms in total. The number of nitrogens with zero attached hydrogens (tertiary/aromatic N) is 4. The number of amidine groups is 1. The van der Waals surface area contributed by atoms with E-state index in [-0.39, 0.29) is 0 Å². The summed E-state index contributed by atoms with van der Waals surface area (Å²) in [6, 6.07) is 16.0. The van der Waals surface area contributed by atoms with E-state index in [9.17, 15) is 0 Å². The SMILES string of the molecule is ClC1=CC2=Cc3ccccc3-c3cn(nn3)-c3ccccc3C(=N1)N2. The molecule has 120 valence electrons. The fourth-order valence-electron chi connectivity index (χ4n) is 3.08. The molecular weight excluding hydrogens is 334 g/mol. The summed E-state index contributed by atoms with van der Waals surface area (Å²) < 4.78 is 1.77. The highest BCUT2D eigenvalue weighted by atomic mass is 35.5. The minimum absolute atomic E-state index is 0.435. The number of nitrogens with one attached hydrogen (secondary N) is 1. The van der Waals surface area contributed by atoms with Crippen LogP contribution in [0.2, 0.25) is 0 Å². The lowest BCUT2D eigenvalue weighted by atomic mass is 10.0. The summed E-state index contributed by atoms with van der Waals surface area (Å²) in [4.78, 5) is 4.46. The van der Waals surface area contributed by atoms with Crippen LogP contribution in [0.4, 0.5) is 0 Å². The molecule has 6 heteroatoms. The van der Waals surface area contributed by atoms with Gasteiger partial charge in [0, 0.05) is 16.8 Å². The number of hydrogen-bond donors (Lipinski definition) is 1. The summed E-state index contributed by atoms with van der Waals surface area (Å²) in [5.74, 6) is 0.686. The van der Waals surface area contributed by atoms with E-state index in [2.05, 4.69) is 20.6 Å². The maximum Gasteiger partial charge on any atom is 0.141 e. The Bertz CT molecular complexity index is 1090. The average Bonchev–Trinajstić information content (AvgIpc) is 3.10. The van der Waals surface area contributed by atoms with Gasteiger partial charge in [-0.3, -0.25) is 0 Å². The quantitative estimate of drug-likeness (QED) is 0.632. The number of aromatic nitrogens is 3. The number of rotatable bonds is 0. The average molecular weight is 346 g/mol. The van der Waals surface area contributed by atoms with Crippen molar-refractivity contribution in [2.45, 2.75) is 0 Å². The van der Waals surface area contributed by atoms with Crippen LogP contribution in [0.15, 0.2) is 76.6 Å². The molecule has 0 aliphatic carbocycles. The second-order valence-electron chi connectivity index (χ2n) is 5.80. The van der Waals surface area contributed by atoms with Crippen molar-refractivity contribution in [3.63, 3.8) is 0 Å². The van der Waals surface area contributed by atoms with Crippen LogP contribution in [0.1, 0.15) is 11.1 Å². The lowest BCUT2D eigenvalue weighted by Gasteiger charge is -2.18. The molecule has 3 aromatic rings. The van der Waals surface area contributed by atoms with Gasteiger partial charge in [-0.1, -0.05) is 53.2 Å². The van der Waals surface area contributed by atoms with Crippen molar-refractivity contribution < 1.29 is 0 Å². The van der Waals surface area contributed by atoms with Gasteiger partial charge in [-0.2, -0.15) is 0 Å².